The Balaban J connectivity index is 1.19. The number of aliphatic hydroxyl groups is 1. The summed E-state index contributed by atoms with van der Waals surface area (Å²) in [5.41, 5.74) is 0.139. The maximum atomic E-state index is 12.8. The molecular formula is C25H26F3N9O3. The molecule has 0 bridgehead atoms. The number of amides is 2. The summed E-state index contributed by atoms with van der Waals surface area (Å²) in [6.45, 7) is 0.476. The van der Waals surface area contributed by atoms with Crippen LogP contribution in [0.3, 0.4) is 0 Å². The van der Waals surface area contributed by atoms with Crippen LogP contribution in [0, 0.1) is 0 Å². The van der Waals surface area contributed by atoms with Crippen molar-refractivity contribution in [3.05, 3.63) is 89.3 Å². The van der Waals surface area contributed by atoms with E-state index in [1.807, 2.05) is 18.2 Å². The highest BCUT2D eigenvalue weighted by Crippen LogP contribution is 2.29. The van der Waals surface area contributed by atoms with Crippen LogP contribution in [0.1, 0.15) is 56.7 Å². The van der Waals surface area contributed by atoms with Crippen molar-refractivity contribution in [2.24, 2.45) is 0 Å². The SMILES string of the molecule is O=C(NCc1cc(C(F)(F)F)ccn1)c1cn(CCCCn2cc(C(=O)N[C@@H](CO)c3ccccc3)nn2)nn1. The van der Waals surface area contributed by atoms with Gasteiger partial charge < -0.3 is 15.7 Å². The Labute approximate surface area is 226 Å². The number of alkyl halides is 3. The number of hydrogen-bond donors (Lipinski definition) is 3. The molecule has 3 aromatic heterocycles. The zero-order chi connectivity index (χ0) is 28.5. The lowest BCUT2D eigenvalue weighted by molar-refractivity contribution is -0.137. The van der Waals surface area contributed by atoms with E-state index in [9.17, 15) is 27.9 Å². The summed E-state index contributed by atoms with van der Waals surface area (Å²) in [4.78, 5) is 28.7. The van der Waals surface area contributed by atoms with Gasteiger partial charge in [0, 0.05) is 19.3 Å². The number of nitrogens with one attached hydrogen (secondary N) is 2. The predicted molar refractivity (Wildman–Crippen MR) is 133 cm³/mol. The van der Waals surface area contributed by atoms with Crippen LogP contribution < -0.4 is 10.6 Å². The number of nitrogens with zero attached hydrogens (tertiary/aromatic N) is 7. The zero-order valence-electron chi connectivity index (χ0n) is 21.1. The first-order valence-electron chi connectivity index (χ1n) is 12.3. The van der Waals surface area contributed by atoms with Crippen LogP contribution in [0.15, 0.2) is 61.1 Å². The molecule has 3 heterocycles. The highest BCUT2D eigenvalue weighted by atomic mass is 19.4. The number of pyridine rings is 1. The largest absolute Gasteiger partial charge is 0.416 e. The lowest BCUT2D eigenvalue weighted by Gasteiger charge is -2.15. The zero-order valence-corrected chi connectivity index (χ0v) is 21.1. The van der Waals surface area contributed by atoms with E-state index in [1.54, 1.807) is 12.1 Å². The number of halogens is 3. The van der Waals surface area contributed by atoms with Gasteiger partial charge in [-0.3, -0.25) is 23.9 Å². The van der Waals surface area contributed by atoms with Gasteiger partial charge in [-0.2, -0.15) is 13.2 Å². The fourth-order valence-electron chi connectivity index (χ4n) is 3.74. The number of rotatable bonds is 12. The van der Waals surface area contributed by atoms with Crippen molar-refractivity contribution in [1.82, 2.24) is 45.6 Å². The Bertz CT molecular complexity index is 1420. The average Bonchev–Trinajstić information content (AvgIpc) is 3.63. The third-order valence-electron chi connectivity index (χ3n) is 5.83. The van der Waals surface area contributed by atoms with E-state index in [2.05, 4.69) is 36.2 Å². The van der Waals surface area contributed by atoms with E-state index in [0.29, 0.717) is 25.9 Å². The number of aryl methyl sites for hydroxylation is 2. The number of aliphatic hydroxyl groups excluding tert-OH is 1. The quantitative estimate of drug-likeness (QED) is 0.224. The number of carbonyl (C=O) groups excluding carboxylic acids is 2. The van der Waals surface area contributed by atoms with E-state index in [0.717, 1.165) is 23.9 Å². The molecule has 40 heavy (non-hydrogen) atoms. The van der Waals surface area contributed by atoms with Crippen LogP contribution in [-0.2, 0) is 25.8 Å². The number of aromatic nitrogens is 7. The molecule has 0 spiro atoms. The normalized spacial score (nSPS) is 12.2. The van der Waals surface area contributed by atoms with Crippen LogP contribution >= 0.6 is 0 Å². The first-order valence-corrected chi connectivity index (χ1v) is 12.3. The van der Waals surface area contributed by atoms with Crippen molar-refractivity contribution >= 4 is 11.8 Å². The molecule has 4 rings (SSSR count). The maximum absolute atomic E-state index is 12.8. The van der Waals surface area contributed by atoms with Crippen LogP contribution in [0.25, 0.3) is 0 Å². The molecule has 0 aliphatic heterocycles. The minimum Gasteiger partial charge on any atom is -0.394 e. The molecule has 12 nitrogen and oxygen atoms in total. The topological polar surface area (TPSA) is 153 Å². The Morgan fingerprint density at radius 2 is 1.55 bits per heavy atom. The minimum atomic E-state index is -4.50. The molecule has 0 aliphatic carbocycles. The molecule has 0 saturated heterocycles. The molecule has 1 atom stereocenters. The van der Waals surface area contributed by atoms with Crippen molar-refractivity contribution in [3.63, 3.8) is 0 Å². The van der Waals surface area contributed by atoms with E-state index in [1.165, 1.54) is 21.8 Å². The third-order valence-corrected chi connectivity index (χ3v) is 5.83. The second-order valence-corrected chi connectivity index (χ2v) is 8.78. The molecular weight excluding hydrogens is 531 g/mol. The van der Waals surface area contributed by atoms with Crippen molar-refractivity contribution in [3.8, 4) is 0 Å². The van der Waals surface area contributed by atoms with Crippen LogP contribution in [0.2, 0.25) is 0 Å². The molecule has 0 fully saturated rings. The Morgan fingerprint density at radius 3 is 2.15 bits per heavy atom. The average molecular weight is 558 g/mol. The van der Waals surface area contributed by atoms with Gasteiger partial charge >= 0.3 is 6.18 Å². The molecule has 0 radical (unpaired) electrons. The summed E-state index contributed by atoms with van der Waals surface area (Å²) in [7, 11) is 0. The van der Waals surface area contributed by atoms with Gasteiger partial charge in [0.05, 0.1) is 42.8 Å². The molecule has 15 heteroatoms. The van der Waals surface area contributed by atoms with Crippen molar-refractivity contribution in [2.75, 3.05) is 6.61 Å². The van der Waals surface area contributed by atoms with Crippen molar-refractivity contribution < 1.29 is 27.9 Å². The molecule has 210 valence electrons. The molecule has 3 N–H and O–H groups in total. The van der Waals surface area contributed by atoms with E-state index in [4.69, 9.17) is 0 Å². The maximum Gasteiger partial charge on any atom is 0.416 e. The second kappa shape index (κ2) is 12.9. The Hall–Kier alpha value is -4.66. The highest BCUT2D eigenvalue weighted by Gasteiger charge is 2.30. The molecule has 0 saturated carbocycles. The first kappa shape index (κ1) is 28.4. The fraction of sp³-hybridized carbons (Fsp3) is 0.320. The van der Waals surface area contributed by atoms with Gasteiger partial charge in [0.1, 0.15) is 0 Å². The predicted octanol–water partition coefficient (Wildman–Crippen LogP) is 2.16. The smallest absolute Gasteiger partial charge is 0.394 e. The second-order valence-electron chi connectivity index (χ2n) is 8.78. The van der Waals surface area contributed by atoms with Gasteiger partial charge in [0.25, 0.3) is 11.8 Å². The van der Waals surface area contributed by atoms with E-state index in [-0.39, 0.29) is 30.2 Å². The molecule has 0 aliphatic rings. The van der Waals surface area contributed by atoms with E-state index < -0.39 is 29.6 Å². The van der Waals surface area contributed by atoms with Gasteiger partial charge in [-0.15, -0.1) is 10.2 Å². The monoisotopic (exact) mass is 557 g/mol. The lowest BCUT2D eigenvalue weighted by atomic mass is 10.1. The summed E-state index contributed by atoms with van der Waals surface area (Å²) in [5, 5.41) is 30.4. The van der Waals surface area contributed by atoms with Crippen LogP contribution in [-0.4, -0.2) is 58.5 Å². The molecule has 2 amide bonds. The standard InChI is InChI=1S/C25H26F3N9O3/c26-25(27,28)18-8-9-29-19(12-18)13-30-23(39)20-14-36(34-32-20)10-4-5-11-37-15-21(33-35-37)24(40)31-22(16-38)17-6-2-1-3-7-17/h1-3,6-9,12,14-15,22,38H,4-5,10-11,13,16H2,(H,30,39)(H,31,40)/t22-/m0/s1. The van der Waals surface area contributed by atoms with Gasteiger partial charge in [0.15, 0.2) is 11.4 Å². The first-order chi connectivity index (χ1) is 19.2. The van der Waals surface area contributed by atoms with E-state index >= 15 is 0 Å². The Kier molecular flexibility index (Phi) is 9.16. The summed E-state index contributed by atoms with van der Waals surface area (Å²) < 4.78 is 41.5. The van der Waals surface area contributed by atoms with Gasteiger partial charge in [-0.05, 0) is 30.5 Å². The minimum absolute atomic E-state index is 0.0237. The Morgan fingerprint density at radius 1 is 0.925 bits per heavy atom. The van der Waals surface area contributed by atoms with Gasteiger partial charge in [-0.1, -0.05) is 40.8 Å². The molecule has 4 aromatic rings. The third kappa shape index (κ3) is 7.69. The summed E-state index contributed by atoms with van der Waals surface area (Å²) >= 11 is 0. The summed E-state index contributed by atoms with van der Waals surface area (Å²) in [6, 6.07) is 10.3. The van der Waals surface area contributed by atoms with Crippen LogP contribution in [0.4, 0.5) is 13.2 Å². The summed E-state index contributed by atoms with van der Waals surface area (Å²) in [6.07, 6.45) is 0.815. The molecule has 0 unspecified atom stereocenters. The lowest BCUT2D eigenvalue weighted by Crippen LogP contribution is -2.31. The van der Waals surface area contributed by atoms with Gasteiger partial charge in [0.2, 0.25) is 0 Å². The molecule has 1 aromatic carbocycles. The summed E-state index contributed by atoms with van der Waals surface area (Å²) in [5.74, 6) is -1.04. The van der Waals surface area contributed by atoms with Gasteiger partial charge in [-0.25, -0.2) is 0 Å². The van der Waals surface area contributed by atoms with Crippen LogP contribution in [0.5, 0.6) is 0 Å². The number of benzene rings is 1. The highest BCUT2D eigenvalue weighted by molar-refractivity contribution is 5.92. The van der Waals surface area contributed by atoms with Crippen molar-refractivity contribution in [1.29, 1.82) is 0 Å². The fourth-order valence-corrected chi connectivity index (χ4v) is 3.74. The number of hydrogen-bond acceptors (Lipinski definition) is 8. The number of unbranched alkanes of at least 4 members (excludes halogenated alkanes) is 1. The van der Waals surface area contributed by atoms with Crippen molar-refractivity contribution in [2.45, 2.75) is 44.7 Å². The number of carbonyl (C=O) groups is 2.